The maximum Gasteiger partial charge on any atom is 0.345 e. The van der Waals surface area contributed by atoms with Crippen LogP contribution in [-0.4, -0.2) is 22.8 Å². The van der Waals surface area contributed by atoms with Gasteiger partial charge < -0.3 is 14.9 Å². The zero-order valence-corrected chi connectivity index (χ0v) is 8.05. The molecule has 0 unspecified atom stereocenters. The van der Waals surface area contributed by atoms with Crippen molar-refractivity contribution in [1.82, 2.24) is 0 Å². The van der Waals surface area contributed by atoms with Gasteiger partial charge in [0.25, 0.3) is 0 Å². The lowest BCUT2D eigenvalue weighted by molar-refractivity contribution is 0.0514. The second-order valence-corrected chi connectivity index (χ2v) is 2.73. The van der Waals surface area contributed by atoms with Gasteiger partial charge in [0.15, 0.2) is 23.1 Å². The van der Waals surface area contributed by atoms with Crippen molar-refractivity contribution in [3.05, 3.63) is 23.0 Å². The lowest BCUT2D eigenvalue weighted by Crippen LogP contribution is -2.10. The molecule has 0 radical (unpaired) electrons. The Bertz CT molecular complexity index is 416. The minimum Gasteiger partial charge on any atom is -0.504 e. The van der Waals surface area contributed by atoms with E-state index < -0.39 is 40.5 Å². The topological polar surface area (TPSA) is 66.8 Å². The summed E-state index contributed by atoms with van der Waals surface area (Å²) in [4.78, 5) is 11.1. The summed E-state index contributed by atoms with van der Waals surface area (Å²) in [6.45, 7) is 1.24. The number of phenolic OH excluding ortho intramolecular Hbond substituents is 2. The maximum atomic E-state index is 13.1. The summed E-state index contributed by atoms with van der Waals surface area (Å²) in [5, 5.41) is 18.0. The van der Waals surface area contributed by atoms with Crippen LogP contribution in [0.4, 0.5) is 13.2 Å². The molecule has 0 aliphatic carbocycles. The predicted molar refractivity (Wildman–Crippen MR) is 45.6 cm³/mol. The Labute approximate surface area is 87.9 Å². The van der Waals surface area contributed by atoms with Crippen molar-refractivity contribution in [3.8, 4) is 11.5 Å². The summed E-state index contributed by atoms with van der Waals surface area (Å²) in [6.07, 6.45) is 0. The first-order valence-electron chi connectivity index (χ1n) is 4.17. The number of phenols is 2. The zero-order chi connectivity index (χ0) is 12.5. The molecule has 7 heteroatoms. The molecule has 0 spiro atoms. The number of esters is 1. The van der Waals surface area contributed by atoms with Gasteiger partial charge >= 0.3 is 5.97 Å². The number of rotatable bonds is 2. The third-order valence-electron chi connectivity index (χ3n) is 1.75. The van der Waals surface area contributed by atoms with Crippen molar-refractivity contribution >= 4 is 5.97 Å². The monoisotopic (exact) mass is 236 g/mol. The highest BCUT2D eigenvalue weighted by Crippen LogP contribution is 2.36. The Morgan fingerprint density at radius 3 is 2.19 bits per heavy atom. The summed E-state index contributed by atoms with van der Waals surface area (Å²) in [6, 6.07) is 0. The maximum absolute atomic E-state index is 13.1. The molecule has 0 heterocycles. The van der Waals surface area contributed by atoms with Gasteiger partial charge in [0, 0.05) is 0 Å². The molecule has 0 amide bonds. The van der Waals surface area contributed by atoms with Gasteiger partial charge in [-0.2, -0.15) is 4.39 Å². The van der Waals surface area contributed by atoms with Gasteiger partial charge in [0.2, 0.25) is 5.82 Å². The van der Waals surface area contributed by atoms with Crippen molar-refractivity contribution < 1.29 is 32.9 Å². The molecule has 16 heavy (non-hydrogen) atoms. The SMILES string of the molecule is CCOC(=O)c1c(O)c(O)c(F)c(F)c1F. The van der Waals surface area contributed by atoms with Crippen molar-refractivity contribution in [2.75, 3.05) is 6.61 Å². The van der Waals surface area contributed by atoms with Crippen LogP contribution in [0.15, 0.2) is 0 Å². The minimum absolute atomic E-state index is 0.155. The average Bonchev–Trinajstić information content (AvgIpc) is 2.24. The number of hydrogen-bond acceptors (Lipinski definition) is 4. The van der Waals surface area contributed by atoms with E-state index in [0.29, 0.717) is 0 Å². The van der Waals surface area contributed by atoms with Gasteiger partial charge in [-0.05, 0) is 6.92 Å². The highest BCUT2D eigenvalue weighted by Gasteiger charge is 2.29. The first-order valence-corrected chi connectivity index (χ1v) is 4.17. The Morgan fingerprint density at radius 2 is 1.69 bits per heavy atom. The van der Waals surface area contributed by atoms with E-state index in [1.165, 1.54) is 6.92 Å². The third kappa shape index (κ3) is 1.75. The van der Waals surface area contributed by atoms with Crippen LogP contribution in [0.1, 0.15) is 17.3 Å². The molecule has 0 aromatic heterocycles. The fourth-order valence-electron chi connectivity index (χ4n) is 1.03. The summed E-state index contributed by atoms with van der Waals surface area (Å²) in [5.74, 6) is -10.3. The molecule has 1 aromatic carbocycles. The number of carbonyl (C=O) groups is 1. The molecule has 0 aliphatic heterocycles. The van der Waals surface area contributed by atoms with E-state index in [1.54, 1.807) is 0 Å². The number of benzene rings is 1. The van der Waals surface area contributed by atoms with Crippen LogP contribution >= 0.6 is 0 Å². The highest BCUT2D eigenvalue weighted by molar-refractivity contribution is 5.93. The molecule has 0 bridgehead atoms. The van der Waals surface area contributed by atoms with Gasteiger partial charge in [-0.3, -0.25) is 0 Å². The summed E-state index contributed by atoms with van der Waals surface area (Å²) in [7, 11) is 0. The molecule has 1 aromatic rings. The summed E-state index contributed by atoms with van der Waals surface area (Å²) >= 11 is 0. The molecule has 1 rings (SSSR count). The zero-order valence-electron chi connectivity index (χ0n) is 8.05. The van der Waals surface area contributed by atoms with E-state index in [2.05, 4.69) is 4.74 Å². The van der Waals surface area contributed by atoms with Gasteiger partial charge in [0.05, 0.1) is 6.61 Å². The number of carbonyl (C=O) groups excluding carboxylic acids is 1. The fraction of sp³-hybridized carbons (Fsp3) is 0.222. The second-order valence-electron chi connectivity index (χ2n) is 2.73. The lowest BCUT2D eigenvalue weighted by atomic mass is 10.1. The van der Waals surface area contributed by atoms with E-state index in [0.717, 1.165) is 0 Å². The predicted octanol–water partition coefficient (Wildman–Crippen LogP) is 1.69. The van der Waals surface area contributed by atoms with E-state index >= 15 is 0 Å². The van der Waals surface area contributed by atoms with Crippen molar-refractivity contribution in [2.24, 2.45) is 0 Å². The quantitative estimate of drug-likeness (QED) is 0.466. The molecular weight excluding hydrogens is 229 g/mol. The van der Waals surface area contributed by atoms with E-state index in [1.807, 2.05) is 0 Å². The van der Waals surface area contributed by atoms with Crippen molar-refractivity contribution in [3.63, 3.8) is 0 Å². The number of hydrogen-bond donors (Lipinski definition) is 2. The molecule has 88 valence electrons. The fourth-order valence-corrected chi connectivity index (χ4v) is 1.03. The molecular formula is C9H7F3O4. The van der Waals surface area contributed by atoms with Gasteiger partial charge in [0.1, 0.15) is 5.56 Å². The number of halogens is 3. The Morgan fingerprint density at radius 1 is 1.12 bits per heavy atom. The number of aromatic hydroxyl groups is 2. The molecule has 0 fully saturated rings. The van der Waals surface area contributed by atoms with Crippen LogP contribution in [0, 0.1) is 17.5 Å². The van der Waals surface area contributed by atoms with Crippen LogP contribution < -0.4 is 0 Å². The van der Waals surface area contributed by atoms with E-state index in [-0.39, 0.29) is 6.61 Å². The normalized spacial score (nSPS) is 10.2. The molecule has 0 saturated carbocycles. The van der Waals surface area contributed by atoms with Crippen LogP contribution in [0.2, 0.25) is 0 Å². The smallest absolute Gasteiger partial charge is 0.345 e. The van der Waals surface area contributed by atoms with Crippen molar-refractivity contribution in [2.45, 2.75) is 6.92 Å². The molecule has 2 N–H and O–H groups in total. The highest BCUT2D eigenvalue weighted by atomic mass is 19.2. The molecule has 0 atom stereocenters. The standard InChI is InChI=1S/C9H7F3O4/c1-2-16-9(15)3-4(10)5(11)6(12)8(14)7(3)13/h13-14H,2H2,1H3. The lowest BCUT2D eigenvalue weighted by Gasteiger charge is -2.08. The van der Waals surface area contributed by atoms with E-state index in [4.69, 9.17) is 10.2 Å². The Hall–Kier alpha value is -1.92. The Kier molecular flexibility index (Phi) is 3.26. The molecule has 0 aliphatic rings. The van der Waals surface area contributed by atoms with Crippen molar-refractivity contribution in [1.29, 1.82) is 0 Å². The summed E-state index contributed by atoms with van der Waals surface area (Å²) < 4.78 is 42.9. The Balaban J connectivity index is 3.45. The van der Waals surface area contributed by atoms with Crippen LogP contribution in [0.3, 0.4) is 0 Å². The van der Waals surface area contributed by atoms with Crippen LogP contribution in [-0.2, 0) is 4.74 Å². The largest absolute Gasteiger partial charge is 0.504 e. The first kappa shape index (κ1) is 12.2. The van der Waals surface area contributed by atoms with Gasteiger partial charge in [-0.1, -0.05) is 0 Å². The average molecular weight is 236 g/mol. The molecule has 0 saturated heterocycles. The summed E-state index contributed by atoms with van der Waals surface area (Å²) in [5.41, 5.74) is -1.24. The van der Waals surface area contributed by atoms with Crippen LogP contribution in [0.25, 0.3) is 0 Å². The van der Waals surface area contributed by atoms with Crippen LogP contribution in [0.5, 0.6) is 11.5 Å². The minimum atomic E-state index is -2.06. The van der Waals surface area contributed by atoms with Gasteiger partial charge in [-0.25, -0.2) is 13.6 Å². The van der Waals surface area contributed by atoms with E-state index in [9.17, 15) is 18.0 Å². The second kappa shape index (κ2) is 4.30. The van der Waals surface area contributed by atoms with Gasteiger partial charge in [-0.15, -0.1) is 0 Å². The molecule has 4 nitrogen and oxygen atoms in total. The third-order valence-corrected chi connectivity index (χ3v) is 1.75. The first-order chi connectivity index (χ1) is 7.41. The number of ether oxygens (including phenoxy) is 1.